The molecule has 25 heavy (non-hydrogen) atoms. The molecule has 1 aromatic carbocycles. The lowest BCUT2D eigenvalue weighted by molar-refractivity contribution is -0.122. The van der Waals surface area contributed by atoms with Crippen LogP contribution in [0.5, 0.6) is 0 Å². The van der Waals surface area contributed by atoms with Crippen LogP contribution in [0.15, 0.2) is 24.3 Å². The standard InChI is InChI=1S/C21H32N2O2/c1-15(2)18-6-5-7-19(14-18)21(11-8-20(25)9-12-21)22-13-10-16(3)23-17(4)24/h5-7,14-16,22H,8-13H2,1-4H3,(H,23,24). The van der Waals surface area contributed by atoms with Crippen molar-refractivity contribution in [1.29, 1.82) is 0 Å². The molecule has 1 fully saturated rings. The van der Waals surface area contributed by atoms with Gasteiger partial charge in [-0.05, 0) is 49.8 Å². The third-order valence-corrected chi connectivity index (χ3v) is 5.26. The Labute approximate surface area is 151 Å². The third-order valence-electron chi connectivity index (χ3n) is 5.26. The summed E-state index contributed by atoms with van der Waals surface area (Å²) in [7, 11) is 0. The van der Waals surface area contributed by atoms with E-state index in [1.54, 1.807) is 6.92 Å². The summed E-state index contributed by atoms with van der Waals surface area (Å²) in [6.45, 7) is 8.81. The van der Waals surface area contributed by atoms with Gasteiger partial charge in [0, 0.05) is 31.3 Å². The molecule has 0 aromatic heterocycles. The molecule has 4 nitrogen and oxygen atoms in total. The van der Waals surface area contributed by atoms with Gasteiger partial charge in [-0.15, -0.1) is 0 Å². The lowest BCUT2D eigenvalue weighted by atomic mass is 9.75. The first-order chi connectivity index (χ1) is 11.8. The molecule has 1 atom stereocenters. The number of carbonyl (C=O) groups is 2. The van der Waals surface area contributed by atoms with Gasteiger partial charge >= 0.3 is 0 Å². The zero-order valence-electron chi connectivity index (χ0n) is 16.0. The second-order valence-corrected chi connectivity index (χ2v) is 7.72. The lowest BCUT2D eigenvalue weighted by Gasteiger charge is -2.39. The largest absolute Gasteiger partial charge is 0.354 e. The highest BCUT2D eigenvalue weighted by Crippen LogP contribution is 2.37. The molecule has 0 bridgehead atoms. The van der Waals surface area contributed by atoms with Gasteiger partial charge in [0.1, 0.15) is 5.78 Å². The van der Waals surface area contributed by atoms with Crippen molar-refractivity contribution in [2.45, 2.75) is 77.3 Å². The molecule has 1 saturated carbocycles. The minimum absolute atomic E-state index is 0.00936. The molecular weight excluding hydrogens is 312 g/mol. The van der Waals surface area contributed by atoms with E-state index in [1.807, 2.05) is 6.92 Å². The molecule has 4 heteroatoms. The molecule has 0 radical (unpaired) electrons. The van der Waals surface area contributed by atoms with Crippen molar-refractivity contribution in [1.82, 2.24) is 10.6 Å². The Bertz CT molecular complexity index is 600. The number of nitrogens with one attached hydrogen (secondary N) is 2. The Kier molecular flexibility index (Phi) is 6.77. The van der Waals surface area contributed by atoms with Gasteiger partial charge in [0.25, 0.3) is 0 Å². The molecular formula is C21H32N2O2. The predicted octanol–water partition coefficient (Wildman–Crippen LogP) is 3.65. The SMILES string of the molecule is CC(=O)NC(C)CCNC1(c2cccc(C(C)C)c2)CCC(=O)CC1. The molecule has 1 aromatic rings. The molecule has 1 aliphatic carbocycles. The normalized spacial score (nSPS) is 18.2. The number of carbonyl (C=O) groups excluding carboxylic acids is 2. The van der Waals surface area contributed by atoms with Crippen LogP contribution in [0.25, 0.3) is 0 Å². The quantitative estimate of drug-likeness (QED) is 0.794. The molecule has 2 rings (SSSR count). The summed E-state index contributed by atoms with van der Waals surface area (Å²) in [6.07, 6.45) is 3.85. The van der Waals surface area contributed by atoms with E-state index in [4.69, 9.17) is 0 Å². The maximum atomic E-state index is 11.8. The molecule has 1 unspecified atom stereocenters. The monoisotopic (exact) mass is 344 g/mol. The highest BCUT2D eigenvalue weighted by molar-refractivity contribution is 5.79. The number of hydrogen-bond acceptors (Lipinski definition) is 3. The van der Waals surface area contributed by atoms with E-state index in [9.17, 15) is 9.59 Å². The molecule has 1 amide bonds. The summed E-state index contributed by atoms with van der Waals surface area (Å²) in [5.74, 6) is 0.862. The second kappa shape index (κ2) is 8.61. The van der Waals surface area contributed by atoms with Crippen LogP contribution in [0.3, 0.4) is 0 Å². The number of rotatable bonds is 7. The molecule has 138 valence electrons. The van der Waals surface area contributed by atoms with E-state index in [-0.39, 0.29) is 17.5 Å². The summed E-state index contributed by atoms with van der Waals surface area (Å²) in [5, 5.41) is 6.67. The lowest BCUT2D eigenvalue weighted by Crippen LogP contribution is -2.47. The first-order valence-corrected chi connectivity index (χ1v) is 9.47. The van der Waals surface area contributed by atoms with Gasteiger partial charge in [0.2, 0.25) is 5.91 Å². The first kappa shape index (κ1) is 19.6. The van der Waals surface area contributed by atoms with Crippen LogP contribution < -0.4 is 10.6 Å². The van der Waals surface area contributed by atoms with E-state index in [0.29, 0.717) is 24.5 Å². The molecule has 0 aliphatic heterocycles. The van der Waals surface area contributed by atoms with E-state index < -0.39 is 0 Å². The number of amides is 1. The molecule has 2 N–H and O–H groups in total. The molecule has 0 spiro atoms. The predicted molar refractivity (Wildman–Crippen MR) is 102 cm³/mol. The van der Waals surface area contributed by atoms with Crippen molar-refractivity contribution in [3.63, 3.8) is 0 Å². The van der Waals surface area contributed by atoms with Crippen molar-refractivity contribution in [3.8, 4) is 0 Å². The number of benzene rings is 1. The molecule has 0 heterocycles. The Morgan fingerprint density at radius 3 is 2.48 bits per heavy atom. The number of hydrogen-bond donors (Lipinski definition) is 2. The smallest absolute Gasteiger partial charge is 0.217 e. The highest BCUT2D eigenvalue weighted by Gasteiger charge is 2.36. The zero-order chi connectivity index (χ0) is 18.4. The van der Waals surface area contributed by atoms with Gasteiger partial charge < -0.3 is 10.6 Å². The van der Waals surface area contributed by atoms with Crippen molar-refractivity contribution in [2.24, 2.45) is 0 Å². The van der Waals surface area contributed by atoms with Crippen molar-refractivity contribution in [3.05, 3.63) is 35.4 Å². The average Bonchev–Trinajstić information content (AvgIpc) is 2.56. The third kappa shape index (κ3) is 5.40. The van der Waals surface area contributed by atoms with Crippen LogP contribution in [-0.4, -0.2) is 24.3 Å². The first-order valence-electron chi connectivity index (χ1n) is 9.47. The summed E-state index contributed by atoms with van der Waals surface area (Å²) in [6, 6.07) is 8.93. The summed E-state index contributed by atoms with van der Waals surface area (Å²) in [5.41, 5.74) is 2.50. The van der Waals surface area contributed by atoms with Crippen molar-refractivity contribution < 1.29 is 9.59 Å². The molecule has 0 saturated heterocycles. The Hall–Kier alpha value is -1.68. The van der Waals surface area contributed by atoms with Crippen LogP contribution in [0.4, 0.5) is 0 Å². The summed E-state index contributed by atoms with van der Waals surface area (Å²) >= 11 is 0. The van der Waals surface area contributed by atoms with Gasteiger partial charge in [-0.3, -0.25) is 9.59 Å². The van der Waals surface area contributed by atoms with Gasteiger partial charge in [0.05, 0.1) is 0 Å². The second-order valence-electron chi connectivity index (χ2n) is 7.72. The fraction of sp³-hybridized carbons (Fsp3) is 0.619. The molecule has 1 aliphatic rings. The Morgan fingerprint density at radius 1 is 1.20 bits per heavy atom. The van der Waals surface area contributed by atoms with Crippen LogP contribution >= 0.6 is 0 Å². The fourth-order valence-corrected chi connectivity index (χ4v) is 3.67. The Balaban J connectivity index is 2.13. The van der Waals surface area contributed by atoms with Crippen molar-refractivity contribution in [2.75, 3.05) is 6.54 Å². The maximum Gasteiger partial charge on any atom is 0.217 e. The topological polar surface area (TPSA) is 58.2 Å². The summed E-state index contributed by atoms with van der Waals surface area (Å²) < 4.78 is 0. The Morgan fingerprint density at radius 2 is 1.88 bits per heavy atom. The van der Waals surface area contributed by atoms with Crippen LogP contribution in [-0.2, 0) is 15.1 Å². The van der Waals surface area contributed by atoms with Crippen molar-refractivity contribution >= 4 is 11.7 Å². The van der Waals surface area contributed by atoms with Gasteiger partial charge in [0.15, 0.2) is 0 Å². The highest BCUT2D eigenvalue weighted by atomic mass is 16.1. The van der Waals surface area contributed by atoms with Crippen LogP contribution in [0.2, 0.25) is 0 Å². The van der Waals surface area contributed by atoms with Crippen LogP contribution in [0.1, 0.15) is 76.8 Å². The van der Waals surface area contributed by atoms with E-state index in [1.165, 1.54) is 11.1 Å². The maximum absolute atomic E-state index is 11.8. The number of ketones is 1. The number of Topliss-reactive ketones (excluding diaryl/α,β-unsaturated/α-hetero) is 1. The average molecular weight is 344 g/mol. The van der Waals surface area contributed by atoms with Gasteiger partial charge in [-0.25, -0.2) is 0 Å². The minimum Gasteiger partial charge on any atom is -0.354 e. The summed E-state index contributed by atoms with van der Waals surface area (Å²) in [4.78, 5) is 23.0. The van der Waals surface area contributed by atoms with Gasteiger partial charge in [-0.2, -0.15) is 0 Å². The van der Waals surface area contributed by atoms with E-state index in [2.05, 4.69) is 48.7 Å². The van der Waals surface area contributed by atoms with Gasteiger partial charge in [-0.1, -0.05) is 38.1 Å². The van der Waals surface area contributed by atoms with E-state index >= 15 is 0 Å². The van der Waals surface area contributed by atoms with Crippen LogP contribution in [0, 0.1) is 0 Å². The zero-order valence-corrected chi connectivity index (χ0v) is 16.0. The minimum atomic E-state index is -0.130. The van der Waals surface area contributed by atoms with E-state index in [0.717, 1.165) is 25.8 Å². The fourth-order valence-electron chi connectivity index (χ4n) is 3.67.